The Labute approximate surface area is 170 Å². The molecule has 2 rings (SSSR count). The summed E-state index contributed by atoms with van der Waals surface area (Å²) in [6.45, 7) is 16.3. The van der Waals surface area contributed by atoms with E-state index in [0.29, 0.717) is 37.6 Å². The average molecular weight is 411 g/mol. The van der Waals surface area contributed by atoms with Gasteiger partial charge in [-0.25, -0.2) is 8.42 Å². The van der Waals surface area contributed by atoms with Crippen LogP contribution in [0.15, 0.2) is 11.0 Å². The third-order valence-electron chi connectivity index (χ3n) is 6.10. The van der Waals surface area contributed by atoms with Crippen LogP contribution in [-0.4, -0.2) is 56.9 Å². The van der Waals surface area contributed by atoms with E-state index in [0.717, 1.165) is 33.6 Å². The molecule has 1 aromatic rings. The molecule has 1 amide bonds. The van der Waals surface area contributed by atoms with Gasteiger partial charge < -0.3 is 10.2 Å². The number of benzene rings is 1. The van der Waals surface area contributed by atoms with Crippen LogP contribution in [0.4, 0.5) is 0 Å². The van der Waals surface area contributed by atoms with E-state index in [1.807, 2.05) is 54.5 Å². The van der Waals surface area contributed by atoms with E-state index in [9.17, 15) is 13.2 Å². The summed E-state index contributed by atoms with van der Waals surface area (Å²) in [6, 6.07) is 2.04. The Balaban J connectivity index is 2.08. The SMILES string of the molecule is CCC(C)(C)NC(=O)C[NH+]1CCN(S(=O)(=O)c2c(C)c(C)cc(C)c2C)CC1. The van der Waals surface area contributed by atoms with Gasteiger partial charge in [0.05, 0.1) is 31.1 Å². The molecule has 0 bridgehead atoms. The number of amides is 1. The third kappa shape index (κ3) is 4.93. The maximum absolute atomic E-state index is 13.3. The van der Waals surface area contributed by atoms with E-state index < -0.39 is 10.0 Å². The molecule has 1 saturated heterocycles. The normalized spacial score (nSPS) is 17.0. The highest BCUT2D eigenvalue weighted by Crippen LogP contribution is 2.28. The Hall–Kier alpha value is -1.44. The molecule has 1 heterocycles. The van der Waals surface area contributed by atoms with Crippen molar-refractivity contribution in [2.45, 2.75) is 65.3 Å². The third-order valence-corrected chi connectivity index (χ3v) is 8.27. The number of quaternary nitrogens is 1. The number of hydrogen-bond acceptors (Lipinski definition) is 3. The lowest BCUT2D eigenvalue weighted by atomic mass is 10.0. The fraction of sp³-hybridized carbons (Fsp3) is 0.667. The lowest BCUT2D eigenvalue weighted by molar-refractivity contribution is -0.895. The Morgan fingerprint density at radius 1 is 1.11 bits per heavy atom. The summed E-state index contributed by atoms with van der Waals surface area (Å²) in [5.74, 6) is 0.0270. The summed E-state index contributed by atoms with van der Waals surface area (Å²) in [7, 11) is -3.53. The molecular formula is C21H36N3O3S+. The van der Waals surface area contributed by atoms with Gasteiger partial charge in [0, 0.05) is 5.54 Å². The molecule has 7 heteroatoms. The molecule has 0 radical (unpaired) electrons. The largest absolute Gasteiger partial charge is 0.346 e. The number of sulfonamides is 1. The van der Waals surface area contributed by atoms with Crippen LogP contribution in [-0.2, 0) is 14.8 Å². The quantitative estimate of drug-likeness (QED) is 0.738. The minimum Gasteiger partial charge on any atom is -0.346 e. The van der Waals surface area contributed by atoms with Gasteiger partial charge >= 0.3 is 0 Å². The van der Waals surface area contributed by atoms with Crippen LogP contribution in [0.1, 0.15) is 49.4 Å². The smallest absolute Gasteiger partial charge is 0.275 e. The van der Waals surface area contributed by atoms with Gasteiger partial charge in [-0.3, -0.25) is 4.79 Å². The van der Waals surface area contributed by atoms with Gasteiger partial charge in [-0.05, 0) is 70.2 Å². The van der Waals surface area contributed by atoms with E-state index in [1.165, 1.54) is 0 Å². The van der Waals surface area contributed by atoms with E-state index in [-0.39, 0.29) is 11.4 Å². The highest BCUT2D eigenvalue weighted by Gasteiger charge is 2.34. The van der Waals surface area contributed by atoms with Gasteiger partial charge in [0.25, 0.3) is 5.91 Å². The number of nitrogens with zero attached hydrogens (tertiary/aromatic N) is 1. The van der Waals surface area contributed by atoms with Crippen molar-refractivity contribution in [3.05, 3.63) is 28.3 Å². The number of hydrogen-bond donors (Lipinski definition) is 2. The summed E-state index contributed by atoms with van der Waals surface area (Å²) in [6.07, 6.45) is 0.870. The molecule has 0 spiro atoms. The van der Waals surface area contributed by atoms with Crippen molar-refractivity contribution in [1.82, 2.24) is 9.62 Å². The average Bonchev–Trinajstić information content (AvgIpc) is 2.60. The highest BCUT2D eigenvalue weighted by atomic mass is 32.2. The van der Waals surface area contributed by atoms with E-state index in [4.69, 9.17) is 0 Å². The number of rotatable bonds is 6. The molecule has 6 nitrogen and oxygen atoms in total. The van der Waals surface area contributed by atoms with E-state index >= 15 is 0 Å². The Bertz CT molecular complexity index is 813. The fourth-order valence-electron chi connectivity index (χ4n) is 3.65. The van der Waals surface area contributed by atoms with Gasteiger partial charge in [0.1, 0.15) is 0 Å². The summed E-state index contributed by atoms with van der Waals surface area (Å²) in [4.78, 5) is 13.9. The van der Waals surface area contributed by atoms with Gasteiger partial charge in [-0.1, -0.05) is 13.0 Å². The van der Waals surface area contributed by atoms with Gasteiger partial charge in [-0.2, -0.15) is 4.31 Å². The second-order valence-corrected chi connectivity index (χ2v) is 10.6. The number of carbonyl (C=O) groups excluding carboxylic acids is 1. The molecule has 1 aromatic carbocycles. The van der Waals surface area contributed by atoms with Crippen LogP contribution in [0.3, 0.4) is 0 Å². The zero-order valence-corrected chi connectivity index (χ0v) is 19.2. The first kappa shape index (κ1) is 22.8. The zero-order valence-electron chi connectivity index (χ0n) is 18.4. The van der Waals surface area contributed by atoms with Gasteiger partial charge in [0.15, 0.2) is 6.54 Å². The van der Waals surface area contributed by atoms with Gasteiger partial charge in [0.2, 0.25) is 10.0 Å². The molecule has 0 aliphatic carbocycles. The maximum atomic E-state index is 13.3. The van der Waals surface area contributed by atoms with Crippen LogP contribution in [0, 0.1) is 27.7 Å². The predicted molar refractivity (Wildman–Crippen MR) is 112 cm³/mol. The topological polar surface area (TPSA) is 70.9 Å². The number of carbonyl (C=O) groups is 1. The molecule has 0 atom stereocenters. The van der Waals surface area contributed by atoms with Crippen molar-refractivity contribution in [3.8, 4) is 0 Å². The molecule has 0 aromatic heterocycles. The number of aryl methyl sites for hydroxylation is 2. The van der Waals surface area contributed by atoms with E-state index in [2.05, 4.69) is 5.32 Å². The van der Waals surface area contributed by atoms with Crippen LogP contribution in [0.25, 0.3) is 0 Å². The molecule has 1 fully saturated rings. The molecule has 2 N–H and O–H groups in total. The van der Waals surface area contributed by atoms with Gasteiger partial charge in [-0.15, -0.1) is 0 Å². The zero-order chi connectivity index (χ0) is 21.3. The Morgan fingerprint density at radius 3 is 2.07 bits per heavy atom. The Kier molecular flexibility index (Phi) is 6.94. The first-order valence-electron chi connectivity index (χ1n) is 10.1. The standard InChI is InChI=1S/C21H35N3O3S/c1-8-21(6,7)22-19(25)14-23-9-11-24(12-10-23)28(26,27)20-17(4)15(2)13-16(3)18(20)5/h13H,8-12,14H2,1-7H3,(H,22,25)/p+1. The summed E-state index contributed by atoms with van der Waals surface area (Å²) in [5.41, 5.74) is 3.46. The van der Waals surface area contributed by atoms with Crippen molar-refractivity contribution < 1.29 is 18.1 Å². The fourth-order valence-corrected chi connectivity index (χ4v) is 5.67. The molecule has 28 heavy (non-hydrogen) atoms. The molecule has 0 unspecified atom stereocenters. The number of nitrogens with one attached hydrogen (secondary N) is 2. The predicted octanol–water partition coefficient (Wildman–Crippen LogP) is 1.11. The van der Waals surface area contributed by atoms with Crippen molar-refractivity contribution in [2.75, 3.05) is 32.7 Å². The molecule has 158 valence electrons. The minimum atomic E-state index is -3.53. The van der Waals surface area contributed by atoms with E-state index in [1.54, 1.807) is 4.31 Å². The first-order valence-corrected chi connectivity index (χ1v) is 11.5. The molecular weight excluding hydrogens is 374 g/mol. The first-order chi connectivity index (χ1) is 12.9. The van der Waals surface area contributed by atoms with Crippen LogP contribution in [0.2, 0.25) is 0 Å². The maximum Gasteiger partial charge on any atom is 0.275 e. The lowest BCUT2D eigenvalue weighted by Crippen LogP contribution is -3.16. The highest BCUT2D eigenvalue weighted by molar-refractivity contribution is 7.89. The lowest BCUT2D eigenvalue weighted by Gasteiger charge is -2.33. The van der Waals surface area contributed by atoms with Crippen LogP contribution in [0.5, 0.6) is 0 Å². The monoisotopic (exact) mass is 410 g/mol. The van der Waals surface area contributed by atoms with Crippen LogP contribution < -0.4 is 10.2 Å². The summed E-state index contributed by atoms with van der Waals surface area (Å²) < 4.78 is 28.2. The molecule has 0 saturated carbocycles. The molecule has 1 aliphatic rings. The van der Waals surface area contributed by atoms with Crippen molar-refractivity contribution in [1.29, 1.82) is 0 Å². The molecule has 1 aliphatic heterocycles. The van der Waals surface area contributed by atoms with Crippen LogP contribution >= 0.6 is 0 Å². The minimum absolute atomic E-state index is 0.0270. The second kappa shape index (κ2) is 8.51. The van der Waals surface area contributed by atoms with Crippen molar-refractivity contribution >= 4 is 15.9 Å². The Morgan fingerprint density at radius 2 is 1.61 bits per heavy atom. The van der Waals surface area contributed by atoms with Crippen molar-refractivity contribution in [2.24, 2.45) is 0 Å². The summed E-state index contributed by atoms with van der Waals surface area (Å²) in [5, 5.41) is 3.06. The number of piperazine rings is 1. The van der Waals surface area contributed by atoms with Crippen molar-refractivity contribution in [3.63, 3.8) is 0 Å². The summed E-state index contributed by atoms with van der Waals surface area (Å²) >= 11 is 0. The second-order valence-electron chi connectivity index (χ2n) is 8.71.